The molecule has 0 unspecified atom stereocenters. The van der Waals surface area contributed by atoms with Gasteiger partial charge in [-0.2, -0.15) is 23.4 Å². The fraction of sp³-hybridized carbons (Fsp3) is 0.320. The van der Waals surface area contributed by atoms with Crippen LogP contribution in [-0.2, 0) is 38.9 Å². The van der Waals surface area contributed by atoms with Gasteiger partial charge in [0.1, 0.15) is 18.9 Å². The molecule has 0 fully saturated rings. The van der Waals surface area contributed by atoms with Crippen LogP contribution in [0.1, 0.15) is 12.6 Å². The Kier molecular flexibility index (Phi) is 7.56. The van der Waals surface area contributed by atoms with Crippen LogP contribution in [0.15, 0.2) is 36.5 Å². The Morgan fingerprint density at radius 3 is 2.56 bits per heavy atom. The zero-order chi connectivity index (χ0) is 28.5. The van der Waals surface area contributed by atoms with Crippen LogP contribution in [0, 0.1) is 5.82 Å². The Labute approximate surface area is 219 Å². The van der Waals surface area contributed by atoms with Crippen LogP contribution in [0.25, 0.3) is 32.9 Å². The molecule has 0 spiro atoms. The van der Waals surface area contributed by atoms with Crippen molar-refractivity contribution in [1.29, 1.82) is 0 Å². The predicted octanol–water partition coefficient (Wildman–Crippen LogP) is 2.89. The van der Waals surface area contributed by atoms with Crippen molar-refractivity contribution in [2.45, 2.75) is 19.6 Å². The smallest absolute Gasteiger partial charge is 0.435 e. The highest BCUT2D eigenvalue weighted by Gasteiger charge is 2.38. The van der Waals surface area contributed by atoms with Gasteiger partial charge in [-0.25, -0.2) is 4.39 Å². The lowest BCUT2D eigenvalue weighted by atomic mass is 9.98. The summed E-state index contributed by atoms with van der Waals surface area (Å²) in [5.74, 6) is -2.78. The molecule has 1 N–H and O–H groups in total. The number of amides is 2. The normalized spacial score (nSPS) is 11.7. The second-order valence-corrected chi connectivity index (χ2v) is 8.69. The summed E-state index contributed by atoms with van der Waals surface area (Å²) in [5.41, 5.74) is -0.935. The SMILES string of the molecule is CCOC(=O)CNC(=O)CN(C)C(=O)Cn1nc(C(F)(F)F)c2c(-c3cc4c(cnn4C)cc3F)cccc21. The zero-order valence-corrected chi connectivity index (χ0v) is 21.2. The van der Waals surface area contributed by atoms with Gasteiger partial charge in [-0.15, -0.1) is 0 Å². The number of carbonyl (C=O) groups is 3. The van der Waals surface area contributed by atoms with Gasteiger partial charge in [0.25, 0.3) is 0 Å². The number of aryl methyl sites for hydroxylation is 1. The summed E-state index contributed by atoms with van der Waals surface area (Å²) >= 11 is 0. The third-order valence-electron chi connectivity index (χ3n) is 6.00. The molecule has 39 heavy (non-hydrogen) atoms. The summed E-state index contributed by atoms with van der Waals surface area (Å²) < 4.78 is 64.4. The van der Waals surface area contributed by atoms with E-state index < -0.39 is 55.1 Å². The summed E-state index contributed by atoms with van der Waals surface area (Å²) in [6, 6.07) is 6.75. The van der Waals surface area contributed by atoms with Crippen LogP contribution in [0.4, 0.5) is 17.6 Å². The first-order chi connectivity index (χ1) is 18.4. The Hall–Kier alpha value is -4.49. The standard InChI is InChI=1S/C25H24F4N6O4/c1-4-39-22(38)11-30-20(36)12-33(2)21(37)13-35-18-7-5-6-15(23(18)24(32-35)25(27,28)29)16-9-19-14(8-17(16)26)10-31-34(19)3/h5-10H,4,11-13H2,1-3H3,(H,30,36). The fourth-order valence-electron chi connectivity index (χ4n) is 4.14. The highest BCUT2D eigenvalue weighted by atomic mass is 19.4. The maximum Gasteiger partial charge on any atom is 0.435 e. The number of ether oxygens (including phenoxy) is 1. The molecule has 0 aliphatic heterocycles. The third kappa shape index (κ3) is 5.68. The number of nitrogens with one attached hydrogen (secondary N) is 1. The van der Waals surface area contributed by atoms with E-state index in [-0.39, 0.29) is 28.6 Å². The fourth-order valence-corrected chi connectivity index (χ4v) is 4.14. The molecule has 2 amide bonds. The molecule has 0 atom stereocenters. The van der Waals surface area contributed by atoms with Gasteiger partial charge in [0.15, 0.2) is 5.69 Å². The molecule has 2 heterocycles. The summed E-state index contributed by atoms with van der Waals surface area (Å²) in [6.45, 7) is 0.272. The lowest BCUT2D eigenvalue weighted by molar-refractivity contribution is -0.144. The monoisotopic (exact) mass is 548 g/mol. The number of benzene rings is 2. The molecule has 206 valence electrons. The minimum Gasteiger partial charge on any atom is -0.465 e. The molecule has 0 saturated heterocycles. The highest BCUT2D eigenvalue weighted by Crippen LogP contribution is 2.40. The number of esters is 1. The van der Waals surface area contributed by atoms with E-state index >= 15 is 4.39 Å². The number of hydrogen-bond acceptors (Lipinski definition) is 6. The number of carbonyl (C=O) groups excluding carboxylic acids is 3. The average molecular weight is 548 g/mol. The van der Waals surface area contributed by atoms with Gasteiger partial charge in [0.05, 0.1) is 30.4 Å². The maximum atomic E-state index is 15.1. The summed E-state index contributed by atoms with van der Waals surface area (Å²) in [6.07, 6.45) is -3.46. The van der Waals surface area contributed by atoms with Crippen LogP contribution in [0.2, 0.25) is 0 Å². The number of likely N-dealkylation sites (N-methyl/N-ethyl adjacent to an activating group) is 1. The third-order valence-corrected chi connectivity index (χ3v) is 6.00. The summed E-state index contributed by atoms with van der Waals surface area (Å²) in [7, 11) is 2.91. The molecule has 0 bridgehead atoms. The Bertz CT molecular complexity index is 1580. The minimum absolute atomic E-state index is 0.0437. The largest absolute Gasteiger partial charge is 0.465 e. The van der Waals surface area contributed by atoms with Gasteiger partial charge in [0.2, 0.25) is 11.8 Å². The number of fused-ring (bicyclic) bond motifs is 2. The molecule has 0 saturated carbocycles. The first-order valence-corrected chi connectivity index (χ1v) is 11.7. The van der Waals surface area contributed by atoms with Gasteiger partial charge in [-0.3, -0.25) is 23.7 Å². The first-order valence-electron chi connectivity index (χ1n) is 11.7. The zero-order valence-electron chi connectivity index (χ0n) is 21.2. The minimum atomic E-state index is -4.91. The van der Waals surface area contributed by atoms with Crippen LogP contribution in [0.5, 0.6) is 0 Å². The van der Waals surface area contributed by atoms with E-state index in [1.807, 2.05) is 0 Å². The molecule has 0 radical (unpaired) electrons. The predicted molar refractivity (Wildman–Crippen MR) is 132 cm³/mol. The molecule has 4 aromatic rings. The van der Waals surface area contributed by atoms with Crippen molar-refractivity contribution < 1.29 is 36.7 Å². The maximum absolute atomic E-state index is 15.1. The van der Waals surface area contributed by atoms with E-state index in [1.54, 1.807) is 14.0 Å². The Morgan fingerprint density at radius 1 is 1.13 bits per heavy atom. The first kappa shape index (κ1) is 27.5. The Balaban J connectivity index is 1.67. The van der Waals surface area contributed by atoms with Crippen LogP contribution in [0.3, 0.4) is 0 Å². The summed E-state index contributed by atoms with van der Waals surface area (Å²) in [4.78, 5) is 37.2. The molecular weight excluding hydrogens is 524 g/mol. The molecule has 14 heteroatoms. The van der Waals surface area contributed by atoms with E-state index in [0.717, 1.165) is 9.58 Å². The Morgan fingerprint density at radius 2 is 1.87 bits per heavy atom. The van der Waals surface area contributed by atoms with Gasteiger partial charge < -0.3 is 15.0 Å². The van der Waals surface area contributed by atoms with Crippen molar-refractivity contribution in [3.63, 3.8) is 0 Å². The second-order valence-electron chi connectivity index (χ2n) is 8.69. The number of hydrogen-bond donors (Lipinski definition) is 1. The number of rotatable bonds is 8. The second kappa shape index (κ2) is 10.7. The van der Waals surface area contributed by atoms with Crippen molar-refractivity contribution in [1.82, 2.24) is 29.8 Å². The quantitative estimate of drug-likeness (QED) is 0.268. The number of aromatic nitrogens is 4. The highest BCUT2D eigenvalue weighted by molar-refractivity contribution is 6.00. The van der Waals surface area contributed by atoms with Crippen LogP contribution >= 0.6 is 0 Å². The molecule has 0 aliphatic rings. The topological polar surface area (TPSA) is 111 Å². The molecule has 2 aromatic carbocycles. The van der Waals surface area contributed by atoms with Gasteiger partial charge in [-0.1, -0.05) is 12.1 Å². The van der Waals surface area contributed by atoms with E-state index in [2.05, 4.69) is 15.5 Å². The molecule has 4 rings (SSSR count). The van der Waals surface area contributed by atoms with Crippen molar-refractivity contribution in [2.75, 3.05) is 26.7 Å². The van der Waals surface area contributed by atoms with Crippen molar-refractivity contribution >= 4 is 39.6 Å². The molecule has 2 aromatic heterocycles. The van der Waals surface area contributed by atoms with E-state index in [4.69, 9.17) is 4.74 Å². The lowest BCUT2D eigenvalue weighted by Gasteiger charge is -2.17. The van der Waals surface area contributed by atoms with Gasteiger partial charge in [0, 0.05) is 30.4 Å². The number of halogens is 4. The molecular formula is C25H24F4N6O4. The van der Waals surface area contributed by atoms with E-state index in [1.165, 1.54) is 48.3 Å². The molecule has 10 nitrogen and oxygen atoms in total. The van der Waals surface area contributed by atoms with Gasteiger partial charge >= 0.3 is 12.1 Å². The number of nitrogens with zero attached hydrogens (tertiary/aromatic N) is 5. The van der Waals surface area contributed by atoms with Crippen molar-refractivity contribution in [2.24, 2.45) is 7.05 Å². The van der Waals surface area contributed by atoms with E-state index in [9.17, 15) is 27.6 Å². The summed E-state index contributed by atoms with van der Waals surface area (Å²) in [5, 5.41) is 10.1. The van der Waals surface area contributed by atoms with Crippen molar-refractivity contribution in [3.8, 4) is 11.1 Å². The molecule has 0 aliphatic carbocycles. The van der Waals surface area contributed by atoms with Crippen LogP contribution in [-0.4, -0.2) is 69.0 Å². The average Bonchev–Trinajstić information content (AvgIpc) is 3.42. The van der Waals surface area contributed by atoms with Crippen LogP contribution < -0.4 is 5.32 Å². The van der Waals surface area contributed by atoms with Gasteiger partial charge in [-0.05, 0) is 30.7 Å². The number of alkyl halides is 3. The van der Waals surface area contributed by atoms with E-state index in [0.29, 0.717) is 10.9 Å². The lowest BCUT2D eigenvalue weighted by Crippen LogP contribution is -2.41. The van der Waals surface area contributed by atoms with Crippen molar-refractivity contribution in [3.05, 3.63) is 48.0 Å².